The highest BCUT2D eigenvalue weighted by atomic mass is 32.1. The highest BCUT2D eigenvalue weighted by molar-refractivity contribution is 7.18. The average molecular weight is 280 g/mol. The van der Waals surface area contributed by atoms with Gasteiger partial charge in [0.15, 0.2) is 0 Å². The molecule has 2 rings (SSSR count). The SMILES string of the molecule is COCCONC(=O)CCc1nc2ccccc2s1. The van der Waals surface area contributed by atoms with Gasteiger partial charge in [-0.1, -0.05) is 12.1 Å². The van der Waals surface area contributed by atoms with E-state index in [-0.39, 0.29) is 5.91 Å². The Morgan fingerprint density at radius 2 is 2.21 bits per heavy atom. The Morgan fingerprint density at radius 1 is 1.37 bits per heavy atom. The molecule has 0 bridgehead atoms. The van der Waals surface area contributed by atoms with Crippen LogP contribution in [0.4, 0.5) is 0 Å². The van der Waals surface area contributed by atoms with Crippen LogP contribution in [0.3, 0.4) is 0 Å². The summed E-state index contributed by atoms with van der Waals surface area (Å²) in [5.41, 5.74) is 3.36. The zero-order valence-electron chi connectivity index (χ0n) is 10.7. The van der Waals surface area contributed by atoms with E-state index < -0.39 is 0 Å². The molecule has 0 spiro atoms. The number of amides is 1. The zero-order chi connectivity index (χ0) is 13.5. The molecule has 0 fully saturated rings. The van der Waals surface area contributed by atoms with Gasteiger partial charge >= 0.3 is 0 Å². The second-order valence-electron chi connectivity index (χ2n) is 3.94. The molecule has 0 aliphatic rings. The van der Waals surface area contributed by atoms with Crippen LogP contribution in [0.5, 0.6) is 0 Å². The number of nitrogens with one attached hydrogen (secondary N) is 1. The molecule has 1 N–H and O–H groups in total. The Bertz CT molecular complexity index is 508. The van der Waals surface area contributed by atoms with Crippen molar-refractivity contribution in [3.8, 4) is 0 Å². The van der Waals surface area contributed by atoms with Gasteiger partial charge in [0, 0.05) is 20.0 Å². The van der Waals surface area contributed by atoms with Gasteiger partial charge < -0.3 is 4.74 Å². The van der Waals surface area contributed by atoms with Crippen molar-refractivity contribution < 1.29 is 14.4 Å². The van der Waals surface area contributed by atoms with E-state index in [4.69, 9.17) is 9.57 Å². The summed E-state index contributed by atoms with van der Waals surface area (Å²) in [5, 5.41) is 0.966. The first kappa shape index (κ1) is 13.9. The van der Waals surface area contributed by atoms with Gasteiger partial charge in [0.2, 0.25) is 5.91 Å². The fraction of sp³-hybridized carbons (Fsp3) is 0.385. The molecule has 1 aromatic heterocycles. The quantitative estimate of drug-likeness (QED) is 0.622. The number of nitrogens with zero attached hydrogens (tertiary/aromatic N) is 1. The van der Waals surface area contributed by atoms with E-state index >= 15 is 0 Å². The number of carbonyl (C=O) groups excluding carboxylic acids is 1. The first-order valence-electron chi connectivity index (χ1n) is 6.03. The van der Waals surface area contributed by atoms with Gasteiger partial charge in [0.25, 0.3) is 0 Å². The van der Waals surface area contributed by atoms with E-state index in [1.807, 2.05) is 24.3 Å². The molecule has 102 valence electrons. The minimum Gasteiger partial charge on any atom is -0.382 e. The monoisotopic (exact) mass is 280 g/mol. The number of aromatic nitrogens is 1. The first-order chi connectivity index (χ1) is 9.29. The molecule has 1 heterocycles. The van der Waals surface area contributed by atoms with Gasteiger partial charge in [-0.05, 0) is 12.1 Å². The van der Waals surface area contributed by atoms with E-state index in [0.29, 0.717) is 26.1 Å². The van der Waals surface area contributed by atoms with E-state index in [1.54, 1.807) is 18.4 Å². The molecule has 0 aliphatic carbocycles. The molecule has 5 nitrogen and oxygen atoms in total. The van der Waals surface area contributed by atoms with Crippen LogP contribution in [0, 0.1) is 0 Å². The number of hydrogen-bond donors (Lipinski definition) is 1. The summed E-state index contributed by atoms with van der Waals surface area (Å²) in [6.07, 6.45) is 0.992. The molecule has 0 atom stereocenters. The summed E-state index contributed by atoms with van der Waals surface area (Å²) < 4.78 is 5.95. The highest BCUT2D eigenvalue weighted by Gasteiger charge is 2.06. The van der Waals surface area contributed by atoms with Crippen molar-refractivity contribution in [2.75, 3.05) is 20.3 Å². The van der Waals surface area contributed by atoms with Crippen LogP contribution in [0.25, 0.3) is 10.2 Å². The zero-order valence-corrected chi connectivity index (χ0v) is 11.5. The molecular formula is C13H16N2O3S. The third-order valence-electron chi connectivity index (χ3n) is 2.48. The second kappa shape index (κ2) is 7.18. The number of ether oxygens (including phenoxy) is 1. The number of hydroxylamine groups is 1. The number of carbonyl (C=O) groups is 1. The third-order valence-corrected chi connectivity index (χ3v) is 3.58. The van der Waals surface area contributed by atoms with Gasteiger partial charge in [-0.2, -0.15) is 0 Å². The Kier molecular flexibility index (Phi) is 5.26. The van der Waals surface area contributed by atoms with Gasteiger partial charge in [-0.3, -0.25) is 9.63 Å². The van der Waals surface area contributed by atoms with Gasteiger partial charge in [0.05, 0.1) is 28.4 Å². The van der Waals surface area contributed by atoms with Crippen molar-refractivity contribution in [2.24, 2.45) is 0 Å². The molecule has 2 aromatic rings. The minimum absolute atomic E-state index is 0.143. The number of para-hydroxylation sites is 1. The first-order valence-corrected chi connectivity index (χ1v) is 6.85. The van der Waals surface area contributed by atoms with Crippen molar-refractivity contribution >= 4 is 27.5 Å². The number of fused-ring (bicyclic) bond motifs is 1. The minimum atomic E-state index is -0.143. The normalized spacial score (nSPS) is 10.8. The van der Waals surface area contributed by atoms with Crippen molar-refractivity contribution in [1.29, 1.82) is 0 Å². The van der Waals surface area contributed by atoms with Crippen molar-refractivity contribution in [3.63, 3.8) is 0 Å². The lowest BCUT2D eigenvalue weighted by Crippen LogP contribution is -2.25. The summed E-state index contributed by atoms with van der Waals surface area (Å²) in [4.78, 5) is 20.9. The van der Waals surface area contributed by atoms with E-state index in [2.05, 4.69) is 10.5 Å². The number of hydrogen-bond acceptors (Lipinski definition) is 5. The summed E-state index contributed by atoms with van der Waals surface area (Å²) in [6, 6.07) is 7.95. The van der Waals surface area contributed by atoms with Crippen LogP contribution in [0.15, 0.2) is 24.3 Å². The van der Waals surface area contributed by atoms with Crippen molar-refractivity contribution in [1.82, 2.24) is 10.5 Å². The summed E-state index contributed by atoms with van der Waals surface area (Å²) in [5.74, 6) is -0.143. The lowest BCUT2D eigenvalue weighted by atomic mass is 10.3. The number of benzene rings is 1. The van der Waals surface area contributed by atoms with Crippen LogP contribution < -0.4 is 5.48 Å². The molecule has 19 heavy (non-hydrogen) atoms. The van der Waals surface area contributed by atoms with E-state index in [0.717, 1.165) is 15.2 Å². The van der Waals surface area contributed by atoms with Crippen LogP contribution in [-0.2, 0) is 20.8 Å². The average Bonchev–Trinajstić information content (AvgIpc) is 2.84. The summed E-state index contributed by atoms with van der Waals surface area (Å²) in [7, 11) is 1.58. The summed E-state index contributed by atoms with van der Waals surface area (Å²) in [6.45, 7) is 0.807. The molecular weight excluding hydrogens is 264 g/mol. The molecule has 0 saturated carbocycles. The molecule has 0 saturated heterocycles. The Labute approximate surface area is 115 Å². The van der Waals surface area contributed by atoms with Crippen molar-refractivity contribution in [2.45, 2.75) is 12.8 Å². The summed E-state index contributed by atoms with van der Waals surface area (Å²) >= 11 is 1.62. The number of methoxy groups -OCH3 is 1. The van der Waals surface area contributed by atoms with Crippen LogP contribution in [0.1, 0.15) is 11.4 Å². The number of aryl methyl sites for hydroxylation is 1. The van der Waals surface area contributed by atoms with Crippen LogP contribution >= 0.6 is 11.3 Å². The van der Waals surface area contributed by atoms with Gasteiger partial charge in [-0.15, -0.1) is 11.3 Å². The topological polar surface area (TPSA) is 60.5 Å². The molecule has 1 aromatic carbocycles. The molecule has 1 amide bonds. The molecule has 0 unspecified atom stereocenters. The standard InChI is InChI=1S/C13H16N2O3S/c1-17-8-9-18-15-12(16)6-7-13-14-10-4-2-3-5-11(10)19-13/h2-5H,6-9H2,1H3,(H,15,16). The van der Waals surface area contributed by atoms with Crippen LogP contribution in [-0.4, -0.2) is 31.2 Å². The number of thiazole rings is 1. The smallest absolute Gasteiger partial charge is 0.243 e. The predicted octanol–water partition coefficient (Wildman–Crippen LogP) is 1.92. The lowest BCUT2D eigenvalue weighted by Gasteiger charge is -2.04. The fourth-order valence-electron chi connectivity index (χ4n) is 1.55. The Balaban J connectivity index is 1.77. The number of rotatable bonds is 7. The maximum absolute atomic E-state index is 11.5. The maximum Gasteiger partial charge on any atom is 0.243 e. The highest BCUT2D eigenvalue weighted by Crippen LogP contribution is 2.22. The van der Waals surface area contributed by atoms with Gasteiger partial charge in [-0.25, -0.2) is 10.5 Å². The Hall–Kier alpha value is -1.50. The third kappa shape index (κ3) is 4.27. The van der Waals surface area contributed by atoms with Gasteiger partial charge in [0.1, 0.15) is 0 Å². The largest absolute Gasteiger partial charge is 0.382 e. The lowest BCUT2D eigenvalue weighted by molar-refractivity contribution is -0.134. The Morgan fingerprint density at radius 3 is 3.00 bits per heavy atom. The molecule has 0 aliphatic heterocycles. The van der Waals surface area contributed by atoms with Crippen LogP contribution in [0.2, 0.25) is 0 Å². The fourth-order valence-corrected chi connectivity index (χ4v) is 2.52. The van der Waals surface area contributed by atoms with E-state index in [9.17, 15) is 4.79 Å². The predicted molar refractivity (Wildman–Crippen MR) is 73.9 cm³/mol. The van der Waals surface area contributed by atoms with Crippen molar-refractivity contribution in [3.05, 3.63) is 29.3 Å². The second-order valence-corrected chi connectivity index (χ2v) is 5.06. The molecule has 6 heteroatoms. The molecule has 0 radical (unpaired) electrons. The maximum atomic E-state index is 11.5. The van der Waals surface area contributed by atoms with E-state index in [1.165, 1.54) is 0 Å².